The monoisotopic (exact) mass is 293 g/mol. The van der Waals surface area contributed by atoms with E-state index >= 15 is 0 Å². The van der Waals surface area contributed by atoms with Crippen molar-refractivity contribution in [3.05, 3.63) is 0 Å². The minimum absolute atomic E-state index is 0.991. The molecule has 6 nitrogen and oxygen atoms in total. The summed E-state index contributed by atoms with van der Waals surface area (Å²) in [6.07, 6.45) is 0. The minimum atomic E-state index is -5.84. The largest absolute Gasteiger partial charge is 0.522 e. The van der Waals surface area contributed by atoms with Gasteiger partial charge in [0.25, 0.3) is 0 Å². The lowest BCUT2D eigenvalue weighted by molar-refractivity contribution is -0.0510. The second-order valence-corrected chi connectivity index (χ2v) is 4.77. The van der Waals surface area contributed by atoms with E-state index in [0.29, 0.717) is 0 Å². The van der Waals surface area contributed by atoms with E-state index in [9.17, 15) is 13.2 Å². The van der Waals surface area contributed by atoms with E-state index in [0.717, 1.165) is 12.5 Å². The van der Waals surface area contributed by atoms with Crippen molar-refractivity contribution < 1.29 is 26.1 Å². The Balaban J connectivity index is 0. The predicted molar refractivity (Wildman–Crippen MR) is 63.0 cm³/mol. The zero-order valence-corrected chi connectivity index (χ0v) is 11.7. The molecule has 1 N–H and O–H groups in total. The van der Waals surface area contributed by atoms with Crippen molar-refractivity contribution in [3.8, 4) is 0 Å². The number of guanidine groups is 1. The van der Waals surface area contributed by atoms with Crippen molar-refractivity contribution in [2.75, 3.05) is 34.7 Å². The summed E-state index contributed by atoms with van der Waals surface area (Å²) in [6.45, 7) is 3.10. The van der Waals surface area contributed by atoms with Crippen LogP contribution in [0.15, 0.2) is 4.99 Å². The van der Waals surface area contributed by atoms with E-state index in [2.05, 4.69) is 16.8 Å². The van der Waals surface area contributed by atoms with Crippen LogP contribution in [-0.4, -0.2) is 69.0 Å². The molecule has 18 heavy (non-hydrogen) atoms. The van der Waals surface area contributed by atoms with Crippen molar-refractivity contribution in [1.29, 1.82) is 0 Å². The molecule has 0 aliphatic carbocycles. The minimum Gasteiger partial charge on any atom is -0.349 e. The smallest absolute Gasteiger partial charge is 0.349 e. The zero-order chi connectivity index (χ0) is 15.1. The van der Waals surface area contributed by atoms with Gasteiger partial charge in [-0.1, -0.05) is 0 Å². The molecule has 10 heteroatoms. The van der Waals surface area contributed by atoms with E-state index in [1.165, 1.54) is 0 Å². The number of hydrogen-bond donors (Lipinski definition) is 1. The van der Waals surface area contributed by atoms with Gasteiger partial charge in [0.05, 0.1) is 0 Å². The highest BCUT2D eigenvalue weighted by Gasteiger charge is 2.44. The molecular formula is C8H18F3N3O3S. The fraction of sp³-hybridized carbons (Fsp3) is 0.875. The van der Waals surface area contributed by atoms with Gasteiger partial charge in [-0.15, -0.1) is 0 Å². The maximum absolute atomic E-state index is 10.7. The van der Waals surface area contributed by atoms with Crippen molar-refractivity contribution in [2.24, 2.45) is 4.99 Å². The Hall–Kier alpha value is -1.03. The fourth-order valence-corrected chi connectivity index (χ4v) is 0.854. The Morgan fingerprint density at radius 1 is 1.28 bits per heavy atom. The molecule has 0 unspecified atom stereocenters. The Kier molecular flexibility index (Phi) is 7.96. The van der Waals surface area contributed by atoms with Gasteiger partial charge in [-0.2, -0.15) is 21.6 Å². The van der Waals surface area contributed by atoms with Crippen LogP contribution in [0, 0.1) is 0 Å². The third kappa shape index (κ3) is 7.33. The predicted octanol–water partition coefficient (Wildman–Crippen LogP) is 0.879. The summed E-state index contributed by atoms with van der Waals surface area (Å²) in [6, 6.07) is 0. The number of rotatable bonds is 1. The summed E-state index contributed by atoms with van der Waals surface area (Å²) in [5.41, 5.74) is -5.53. The van der Waals surface area contributed by atoms with Gasteiger partial charge in [0.2, 0.25) is 0 Å². The lowest BCUT2D eigenvalue weighted by Crippen LogP contribution is -2.37. The third-order valence-corrected chi connectivity index (χ3v) is 2.29. The molecule has 110 valence electrons. The summed E-state index contributed by atoms with van der Waals surface area (Å²) >= 11 is 0. The first-order valence-electron chi connectivity index (χ1n) is 4.77. The number of halogens is 3. The first-order chi connectivity index (χ1) is 7.88. The molecule has 0 aromatic carbocycles. The van der Waals surface area contributed by atoms with Crippen molar-refractivity contribution in [1.82, 2.24) is 9.80 Å². The second-order valence-electron chi connectivity index (χ2n) is 3.35. The van der Waals surface area contributed by atoms with Crippen LogP contribution >= 0.6 is 0 Å². The Labute approximate surface area is 105 Å². The molecule has 0 bridgehead atoms. The highest BCUT2D eigenvalue weighted by molar-refractivity contribution is 7.86. The molecule has 0 heterocycles. The van der Waals surface area contributed by atoms with Crippen LogP contribution in [0.4, 0.5) is 13.2 Å². The SMILES string of the molecule is CCN(C)C(=NC)N(C)C.O=S(=O)(O)C(F)(F)F. The Bertz CT molecular complexity index is 366. The molecule has 0 aromatic heterocycles. The van der Waals surface area contributed by atoms with E-state index < -0.39 is 15.6 Å². The van der Waals surface area contributed by atoms with Crippen LogP contribution in [-0.2, 0) is 10.1 Å². The van der Waals surface area contributed by atoms with Gasteiger partial charge < -0.3 is 9.80 Å². The highest BCUT2D eigenvalue weighted by Crippen LogP contribution is 2.20. The van der Waals surface area contributed by atoms with Gasteiger partial charge in [-0.25, -0.2) is 0 Å². The summed E-state index contributed by atoms with van der Waals surface area (Å²) in [5, 5.41) is 0. The van der Waals surface area contributed by atoms with Gasteiger partial charge in [0, 0.05) is 34.7 Å². The average Bonchev–Trinajstić information content (AvgIpc) is 2.15. The quantitative estimate of drug-likeness (QED) is 0.336. The Morgan fingerprint density at radius 3 is 1.67 bits per heavy atom. The molecular weight excluding hydrogens is 275 g/mol. The molecule has 0 rings (SSSR count). The van der Waals surface area contributed by atoms with Crippen molar-refractivity contribution in [3.63, 3.8) is 0 Å². The molecule has 0 atom stereocenters. The topological polar surface area (TPSA) is 73.2 Å². The standard InChI is InChI=1S/C7H17N3.CHF3O3S/c1-6-10(5)7(8-2)9(3)4;2-1(3,4)8(5,6)7/h6H2,1-5H3;(H,5,6,7). The third-order valence-electron chi connectivity index (χ3n) is 1.71. The van der Waals surface area contributed by atoms with E-state index in [1.54, 1.807) is 0 Å². The number of hydrogen-bond acceptors (Lipinski definition) is 3. The summed E-state index contributed by atoms with van der Waals surface area (Å²) in [5.74, 6) is 1.02. The average molecular weight is 293 g/mol. The number of alkyl halides is 3. The molecule has 0 amide bonds. The zero-order valence-electron chi connectivity index (χ0n) is 10.9. The first kappa shape index (κ1) is 19.3. The molecule has 0 aromatic rings. The van der Waals surface area contributed by atoms with Gasteiger partial charge in [0.15, 0.2) is 5.96 Å². The van der Waals surface area contributed by atoms with E-state index in [-0.39, 0.29) is 0 Å². The summed E-state index contributed by atoms with van der Waals surface area (Å²) in [4.78, 5) is 8.23. The van der Waals surface area contributed by atoms with Gasteiger partial charge in [-0.3, -0.25) is 9.55 Å². The van der Waals surface area contributed by atoms with Gasteiger partial charge in [0.1, 0.15) is 0 Å². The first-order valence-corrected chi connectivity index (χ1v) is 6.21. The van der Waals surface area contributed by atoms with Gasteiger partial charge >= 0.3 is 15.6 Å². The Morgan fingerprint density at radius 2 is 1.61 bits per heavy atom. The van der Waals surface area contributed by atoms with Crippen LogP contribution < -0.4 is 0 Å². The van der Waals surface area contributed by atoms with Crippen LogP contribution in [0.2, 0.25) is 0 Å². The molecule has 0 saturated heterocycles. The normalized spacial score (nSPS) is 12.6. The molecule has 0 spiro atoms. The number of aliphatic imine (C=N–C) groups is 1. The lowest BCUT2D eigenvalue weighted by atomic mass is 10.6. The van der Waals surface area contributed by atoms with Crippen LogP contribution in [0.3, 0.4) is 0 Å². The molecule has 0 aliphatic heterocycles. The van der Waals surface area contributed by atoms with E-state index in [1.807, 2.05) is 33.1 Å². The molecule has 0 aliphatic rings. The maximum Gasteiger partial charge on any atom is 0.522 e. The fourth-order valence-electron chi connectivity index (χ4n) is 0.854. The number of nitrogens with zero attached hydrogens (tertiary/aromatic N) is 3. The summed E-state index contributed by atoms with van der Waals surface area (Å²) in [7, 11) is 1.99. The van der Waals surface area contributed by atoms with Crippen molar-refractivity contribution in [2.45, 2.75) is 12.4 Å². The molecule has 0 fully saturated rings. The van der Waals surface area contributed by atoms with Gasteiger partial charge in [-0.05, 0) is 6.92 Å². The van der Waals surface area contributed by atoms with E-state index in [4.69, 9.17) is 13.0 Å². The lowest BCUT2D eigenvalue weighted by Gasteiger charge is -2.24. The second kappa shape index (κ2) is 7.41. The van der Waals surface area contributed by atoms with Crippen LogP contribution in [0.25, 0.3) is 0 Å². The molecule has 0 radical (unpaired) electrons. The molecule has 0 saturated carbocycles. The maximum atomic E-state index is 10.7. The summed E-state index contributed by atoms with van der Waals surface area (Å²) < 4.78 is 57.5. The highest BCUT2D eigenvalue weighted by atomic mass is 32.2. The van der Waals surface area contributed by atoms with Crippen LogP contribution in [0.5, 0.6) is 0 Å². The van der Waals surface area contributed by atoms with Crippen LogP contribution in [0.1, 0.15) is 6.92 Å². The van der Waals surface area contributed by atoms with Crippen molar-refractivity contribution >= 4 is 16.1 Å².